The topological polar surface area (TPSA) is 29.1 Å². The van der Waals surface area contributed by atoms with Gasteiger partial charge in [-0.3, -0.25) is 4.79 Å². The van der Waals surface area contributed by atoms with E-state index in [-0.39, 0.29) is 5.78 Å². The monoisotopic (exact) mass is 319 g/mol. The van der Waals surface area contributed by atoms with Crippen LogP contribution < -0.4 is 5.32 Å². The molecule has 3 heteroatoms. The molecule has 0 atom stereocenters. The van der Waals surface area contributed by atoms with Crippen LogP contribution in [0.15, 0.2) is 88.7 Å². The van der Waals surface area contributed by atoms with Crippen LogP contribution in [0.1, 0.15) is 17.3 Å². The lowest BCUT2D eigenvalue weighted by Crippen LogP contribution is -1.93. The minimum atomic E-state index is 0.0823. The minimum absolute atomic E-state index is 0.0823. The summed E-state index contributed by atoms with van der Waals surface area (Å²) in [5, 5.41) is 3.34. The van der Waals surface area contributed by atoms with Crippen LogP contribution in [0.5, 0.6) is 0 Å². The van der Waals surface area contributed by atoms with E-state index in [1.807, 2.05) is 42.5 Å². The molecule has 0 aliphatic carbocycles. The van der Waals surface area contributed by atoms with Crippen molar-refractivity contribution in [3.63, 3.8) is 0 Å². The molecule has 0 spiro atoms. The zero-order chi connectivity index (χ0) is 16.1. The first-order chi connectivity index (χ1) is 11.2. The van der Waals surface area contributed by atoms with E-state index in [9.17, 15) is 4.79 Å². The summed E-state index contributed by atoms with van der Waals surface area (Å²) in [6, 6.07) is 26.2. The quantitative estimate of drug-likeness (QED) is 0.604. The van der Waals surface area contributed by atoms with Gasteiger partial charge in [0.05, 0.1) is 0 Å². The number of rotatable bonds is 5. The van der Waals surface area contributed by atoms with E-state index in [1.54, 1.807) is 18.7 Å². The number of ketones is 1. The third-order valence-electron chi connectivity index (χ3n) is 3.41. The second-order valence-electron chi connectivity index (χ2n) is 5.20. The standard InChI is InChI=1S/C20H17NOS/c1-15(22)16-7-9-17(10-8-16)21-18-11-13-20(14-12-18)23-19-5-3-2-4-6-19/h2-14,21H,1H3. The van der Waals surface area contributed by atoms with Gasteiger partial charge in [-0.25, -0.2) is 0 Å². The van der Waals surface area contributed by atoms with Gasteiger partial charge in [0.15, 0.2) is 5.78 Å². The summed E-state index contributed by atoms with van der Waals surface area (Å²) in [4.78, 5) is 13.7. The first kappa shape index (κ1) is 15.4. The Kier molecular flexibility index (Phi) is 4.79. The normalized spacial score (nSPS) is 10.3. The number of benzene rings is 3. The van der Waals surface area contributed by atoms with Gasteiger partial charge in [0.1, 0.15) is 0 Å². The predicted molar refractivity (Wildman–Crippen MR) is 96.7 cm³/mol. The molecule has 0 saturated heterocycles. The Bertz CT molecular complexity index is 780. The number of hydrogen-bond acceptors (Lipinski definition) is 3. The zero-order valence-electron chi connectivity index (χ0n) is 12.8. The Labute approximate surface area is 140 Å². The molecule has 0 aromatic heterocycles. The molecule has 0 saturated carbocycles. The molecule has 23 heavy (non-hydrogen) atoms. The maximum absolute atomic E-state index is 11.3. The summed E-state index contributed by atoms with van der Waals surface area (Å²) < 4.78 is 0. The predicted octanol–water partition coefficient (Wildman–Crippen LogP) is 5.78. The summed E-state index contributed by atoms with van der Waals surface area (Å²) in [6.45, 7) is 1.57. The highest BCUT2D eigenvalue weighted by Gasteiger charge is 2.01. The van der Waals surface area contributed by atoms with Crippen molar-refractivity contribution in [1.29, 1.82) is 0 Å². The van der Waals surface area contributed by atoms with Crippen molar-refractivity contribution >= 4 is 28.9 Å². The van der Waals surface area contributed by atoms with Gasteiger partial charge >= 0.3 is 0 Å². The average molecular weight is 319 g/mol. The number of Topliss-reactive ketones (excluding diaryl/α,β-unsaturated/α-hetero) is 1. The van der Waals surface area contributed by atoms with E-state index in [0.29, 0.717) is 0 Å². The van der Waals surface area contributed by atoms with Crippen molar-refractivity contribution in [2.75, 3.05) is 5.32 Å². The number of carbonyl (C=O) groups excluding carboxylic acids is 1. The molecular weight excluding hydrogens is 302 g/mol. The van der Waals surface area contributed by atoms with Crippen LogP contribution in [-0.4, -0.2) is 5.78 Å². The summed E-state index contributed by atoms with van der Waals surface area (Å²) in [5.74, 6) is 0.0823. The number of anilines is 2. The second-order valence-corrected chi connectivity index (χ2v) is 6.34. The molecule has 0 aliphatic rings. The van der Waals surface area contributed by atoms with Crippen molar-refractivity contribution in [1.82, 2.24) is 0 Å². The zero-order valence-corrected chi connectivity index (χ0v) is 13.6. The van der Waals surface area contributed by atoms with Crippen LogP contribution in [-0.2, 0) is 0 Å². The van der Waals surface area contributed by atoms with E-state index in [0.717, 1.165) is 16.9 Å². The summed E-state index contributed by atoms with van der Waals surface area (Å²) in [7, 11) is 0. The highest BCUT2D eigenvalue weighted by atomic mass is 32.2. The lowest BCUT2D eigenvalue weighted by molar-refractivity contribution is 0.101. The van der Waals surface area contributed by atoms with Gasteiger partial charge in [-0.2, -0.15) is 0 Å². The lowest BCUT2D eigenvalue weighted by atomic mass is 10.1. The Morgan fingerprint density at radius 1 is 0.739 bits per heavy atom. The van der Waals surface area contributed by atoms with Crippen LogP contribution in [0.2, 0.25) is 0 Å². The molecule has 0 heterocycles. The van der Waals surface area contributed by atoms with Crippen molar-refractivity contribution in [2.45, 2.75) is 16.7 Å². The molecule has 3 aromatic carbocycles. The van der Waals surface area contributed by atoms with Crippen LogP contribution in [0.4, 0.5) is 11.4 Å². The van der Waals surface area contributed by atoms with Gasteiger partial charge in [-0.15, -0.1) is 0 Å². The Morgan fingerprint density at radius 3 is 1.83 bits per heavy atom. The van der Waals surface area contributed by atoms with Crippen LogP contribution >= 0.6 is 11.8 Å². The molecule has 0 fully saturated rings. The molecule has 0 unspecified atom stereocenters. The molecule has 0 radical (unpaired) electrons. The molecule has 2 nitrogen and oxygen atoms in total. The fourth-order valence-electron chi connectivity index (χ4n) is 2.19. The van der Waals surface area contributed by atoms with Gasteiger partial charge in [0.2, 0.25) is 0 Å². The van der Waals surface area contributed by atoms with Crippen molar-refractivity contribution in [3.8, 4) is 0 Å². The maximum atomic E-state index is 11.3. The van der Waals surface area contributed by atoms with Gasteiger partial charge in [-0.05, 0) is 67.6 Å². The Morgan fingerprint density at radius 2 is 1.26 bits per heavy atom. The first-order valence-electron chi connectivity index (χ1n) is 7.42. The summed E-state index contributed by atoms with van der Waals surface area (Å²) >= 11 is 1.74. The van der Waals surface area contributed by atoms with Gasteiger partial charge in [-0.1, -0.05) is 30.0 Å². The highest BCUT2D eigenvalue weighted by Crippen LogP contribution is 2.28. The second kappa shape index (κ2) is 7.16. The van der Waals surface area contributed by atoms with E-state index < -0.39 is 0 Å². The SMILES string of the molecule is CC(=O)c1ccc(Nc2ccc(Sc3ccccc3)cc2)cc1. The number of nitrogens with one attached hydrogen (secondary N) is 1. The highest BCUT2D eigenvalue weighted by molar-refractivity contribution is 7.99. The molecule has 0 amide bonds. The van der Waals surface area contributed by atoms with E-state index in [2.05, 4.69) is 41.7 Å². The van der Waals surface area contributed by atoms with Crippen LogP contribution in [0.25, 0.3) is 0 Å². The Hall–Kier alpha value is -2.52. The van der Waals surface area contributed by atoms with Crippen molar-refractivity contribution in [2.24, 2.45) is 0 Å². The largest absolute Gasteiger partial charge is 0.356 e. The molecule has 0 aliphatic heterocycles. The fourth-order valence-corrected chi connectivity index (χ4v) is 3.02. The molecule has 3 aromatic rings. The first-order valence-corrected chi connectivity index (χ1v) is 8.23. The lowest BCUT2D eigenvalue weighted by Gasteiger charge is -2.08. The fraction of sp³-hybridized carbons (Fsp3) is 0.0500. The van der Waals surface area contributed by atoms with Crippen molar-refractivity contribution < 1.29 is 4.79 Å². The van der Waals surface area contributed by atoms with Gasteiger partial charge in [0.25, 0.3) is 0 Å². The Balaban J connectivity index is 1.66. The third-order valence-corrected chi connectivity index (χ3v) is 4.43. The molecular formula is C20H17NOS. The van der Waals surface area contributed by atoms with Gasteiger partial charge < -0.3 is 5.32 Å². The van der Waals surface area contributed by atoms with Crippen LogP contribution in [0, 0.1) is 0 Å². The minimum Gasteiger partial charge on any atom is -0.356 e. The summed E-state index contributed by atoms with van der Waals surface area (Å²) in [6.07, 6.45) is 0. The molecule has 114 valence electrons. The number of hydrogen-bond donors (Lipinski definition) is 1. The molecule has 1 N–H and O–H groups in total. The molecule has 0 bridgehead atoms. The maximum Gasteiger partial charge on any atom is 0.159 e. The van der Waals surface area contributed by atoms with E-state index in [4.69, 9.17) is 0 Å². The smallest absolute Gasteiger partial charge is 0.159 e. The molecule has 3 rings (SSSR count). The van der Waals surface area contributed by atoms with E-state index in [1.165, 1.54) is 9.79 Å². The summed E-state index contributed by atoms with van der Waals surface area (Å²) in [5.41, 5.74) is 2.72. The third kappa shape index (κ3) is 4.24. The average Bonchev–Trinajstić information content (AvgIpc) is 2.58. The van der Waals surface area contributed by atoms with Gasteiger partial charge in [0, 0.05) is 26.7 Å². The van der Waals surface area contributed by atoms with E-state index >= 15 is 0 Å². The number of carbonyl (C=O) groups is 1. The van der Waals surface area contributed by atoms with Crippen LogP contribution in [0.3, 0.4) is 0 Å². The van der Waals surface area contributed by atoms with Crippen molar-refractivity contribution in [3.05, 3.63) is 84.4 Å².